The quantitative estimate of drug-likeness (QED) is 0.320. The molecular formula is C40H42ClN9O6. The van der Waals surface area contributed by atoms with Gasteiger partial charge >= 0.3 is 0 Å². The van der Waals surface area contributed by atoms with Crippen molar-refractivity contribution in [1.29, 1.82) is 5.26 Å². The number of halogens is 1. The first-order chi connectivity index (χ1) is 26.7. The number of nitrogens with zero attached hydrogens (tertiary/aromatic N) is 7. The molecule has 5 amide bonds. The summed E-state index contributed by atoms with van der Waals surface area (Å²) in [5, 5.41) is 14.9. The summed E-state index contributed by atoms with van der Waals surface area (Å²) >= 11 is 6.23. The highest BCUT2D eigenvalue weighted by Crippen LogP contribution is 2.55. The zero-order chi connectivity index (χ0) is 39.7. The van der Waals surface area contributed by atoms with Gasteiger partial charge in [0.1, 0.15) is 24.0 Å². The number of amides is 5. The van der Waals surface area contributed by atoms with E-state index in [9.17, 15) is 29.2 Å². The maximum Gasteiger partial charge on any atom is 0.262 e. The average molecular weight is 780 g/mol. The van der Waals surface area contributed by atoms with E-state index in [2.05, 4.69) is 69.1 Å². The van der Waals surface area contributed by atoms with Crippen molar-refractivity contribution < 1.29 is 28.7 Å². The molecule has 1 aliphatic carbocycles. The van der Waals surface area contributed by atoms with Gasteiger partial charge in [-0.05, 0) is 36.8 Å². The van der Waals surface area contributed by atoms with Crippen LogP contribution in [0.5, 0.6) is 5.75 Å². The molecule has 3 saturated heterocycles. The molecule has 1 aromatic heterocycles. The standard InChI is InChI=1S/C40H42ClN9O6/c1-39(2)36(40(3,4)37(39)56-26-7-5-22(17-42)29(41)16-26)46-32(52)23-18-43-38(44-19-23)48-13-11-47(12-14-48)25-20-49(21-25)24-6-8-27-28(15-24)35(55)50(34(27)54)30-9-10-31(51)45-33(30)53/h5-8,15-16,18-19,25,30,36-37H,9-14,20-21H2,1-4H3,(H,46,52)(H,45,51,53)/t30?,36-,37-. The van der Waals surface area contributed by atoms with E-state index in [1.807, 2.05) is 6.07 Å². The fourth-order valence-electron chi connectivity index (χ4n) is 9.25. The molecule has 15 nitrogen and oxygen atoms in total. The van der Waals surface area contributed by atoms with Crippen molar-refractivity contribution in [1.82, 2.24) is 30.4 Å². The number of carbonyl (C=O) groups is 5. The second kappa shape index (κ2) is 13.9. The van der Waals surface area contributed by atoms with E-state index in [-0.39, 0.29) is 42.0 Å². The normalized spacial score (nSPS) is 24.5. The number of imide groups is 2. The highest BCUT2D eigenvalue weighted by atomic mass is 35.5. The maximum atomic E-state index is 13.4. The Hall–Kier alpha value is -5.59. The first-order valence-corrected chi connectivity index (χ1v) is 19.1. The van der Waals surface area contributed by atoms with Crippen molar-refractivity contribution >= 4 is 52.8 Å². The van der Waals surface area contributed by atoms with E-state index in [0.29, 0.717) is 33.9 Å². The van der Waals surface area contributed by atoms with Crippen LogP contribution in [0.1, 0.15) is 77.2 Å². The van der Waals surface area contributed by atoms with Crippen LogP contribution in [0.4, 0.5) is 11.6 Å². The molecule has 290 valence electrons. The Morgan fingerprint density at radius 1 is 0.929 bits per heavy atom. The fourth-order valence-corrected chi connectivity index (χ4v) is 9.46. The summed E-state index contributed by atoms with van der Waals surface area (Å²) in [6.07, 6.45) is 3.11. The molecule has 1 unspecified atom stereocenters. The van der Waals surface area contributed by atoms with Crippen LogP contribution in [0, 0.1) is 22.2 Å². The predicted molar refractivity (Wildman–Crippen MR) is 204 cm³/mol. The molecule has 4 fully saturated rings. The second-order valence-electron chi connectivity index (χ2n) is 16.3. The number of fused-ring (bicyclic) bond motifs is 1. The van der Waals surface area contributed by atoms with Gasteiger partial charge in [0.25, 0.3) is 17.7 Å². The molecular weight excluding hydrogens is 738 g/mol. The summed E-state index contributed by atoms with van der Waals surface area (Å²) < 4.78 is 6.35. The fraction of sp³-hybridized carbons (Fsp3) is 0.450. The molecule has 2 N–H and O–H groups in total. The van der Waals surface area contributed by atoms with Crippen LogP contribution >= 0.6 is 11.6 Å². The topological polar surface area (TPSA) is 181 Å². The third-order valence-corrected chi connectivity index (χ3v) is 12.4. The van der Waals surface area contributed by atoms with E-state index < -0.39 is 40.5 Å². The number of benzene rings is 2. The van der Waals surface area contributed by atoms with Crippen LogP contribution in [0.2, 0.25) is 5.02 Å². The van der Waals surface area contributed by atoms with Crippen molar-refractivity contribution in [2.24, 2.45) is 10.8 Å². The zero-order valence-electron chi connectivity index (χ0n) is 31.5. The van der Waals surface area contributed by atoms with Gasteiger partial charge in [-0.2, -0.15) is 5.26 Å². The van der Waals surface area contributed by atoms with Crippen LogP contribution in [0.25, 0.3) is 0 Å². The number of nitriles is 1. The Balaban J connectivity index is 0.817. The lowest BCUT2D eigenvalue weighted by Crippen LogP contribution is -2.74. The summed E-state index contributed by atoms with van der Waals surface area (Å²) in [6, 6.07) is 11.4. The number of rotatable bonds is 8. The van der Waals surface area contributed by atoms with Gasteiger partial charge in [0.15, 0.2) is 0 Å². The molecule has 0 spiro atoms. The molecule has 2 aromatic carbocycles. The predicted octanol–water partition coefficient (Wildman–Crippen LogP) is 3.03. The number of aromatic nitrogens is 2. The summed E-state index contributed by atoms with van der Waals surface area (Å²) in [5.74, 6) is -1.17. The summed E-state index contributed by atoms with van der Waals surface area (Å²) in [4.78, 5) is 80.6. The van der Waals surface area contributed by atoms with Gasteiger partial charge in [-0.1, -0.05) is 39.3 Å². The van der Waals surface area contributed by atoms with E-state index in [1.165, 1.54) is 0 Å². The van der Waals surface area contributed by atoms with E-state index in [4.69, 9.17) is 16.3 Å². The minimum atomic E-state index is -0.991. The minimum absolute atomic E-state index is 0.0771. The Morgan fingerprint density at radius 2 is 1.61 bits per heavy atom. The summed E-state index contributed by atoms with van der Waals surface area (Å²) in [7, 11) is 0. The number of piperidine rings is 1. The smallest absolute Gasteiger partial charge is 0.262 e. The molecule has 16 heteroatoms. The minimum Gasteiger partial charge on any atom is -0.489 e. The Morgan fingerprint density at radius 3 is 2.25 bits per heavy atom. The number of hydrogen-bond donors (Lipinski definition) is 2. The third-order valence-electron chi connectivity index (χ3n) is 12.1. The molecule has 1 atom stereocenters. The summed E-state index contributed by atoms with van der Waals surface area (Å²) in [5.41, 5.74) is 1.34. The SMILES string of the molecule is CC1(C)[C@H](NC(=O)c2cnc(N3CCN(C4CN(c5ccc6c(c5)C(=O)N(C5CCC(=O)NC5=O)C6=O)C4)CC3)nc2)C(C)(C)[C@H]1Oc1ccc(C#N)c(Cl)c1. The summed E-state index contributed by atoms with van der Waals surface area (Å²) in [6.45, 7) is 12.8. The van der Waals surface area contributed by atoms with Gasteiger partial charge < -0.3 is 19.9 Å². The Bertz CT molecular complexity index is 2170. The molecule has 56 heavy (non-hydrogen) atoms. The molecule has 3 aromatic rings. The molecule has 0 bridgehead atoms. The van der Waals surface area contributed by atoms with E-state index in [1.54, 1.807) is 42.7 Å². The Kier molecular flexibility index (Phi) is 9.24. The van der Waals surface area contributed by atoms with Crippen molar-refractivity contribution in [3.63, 3.8) is 0 Å². The molecule has 4 aliphatic heterocycles. The van der Waals surface area contributed by atoms with Crippen LogP contribution in [0.15, 0.2) is 48.8 Å². The number of nitrogens with one attached hydrogen (secondary N) is 2. The monoisotopic (exact) mass is 779 g/mol. The second-order valence-corrected chi connectivity index (χ2v) is 16.7. The van der Waals surface area contributed by atoms with Gasteiger partial charge in [-0.15, -0.1) is 0 Å². The Labute approximate surface area is 328 Å². The van der Waals surface area contributed by atoms with Crippen molar-refractivity contribution in [3.8, 4) is 11.8 Å². The highest BCUT2D eigenvalue weighted by Gasteiger charge is 2.64. The van der Waals surface area contributed by atoms with Gasteiger partial charge in [0.2, 0.25) is 17.8 Å². The first-order valence-electron chi connectivity index (χ1n) is 18.8. The largest absolute Gasteiger partial charge is 0.489 e. The number of ether oxygens (including phenoxy) is 1. The molecule has 5 heterocycles. The highest BCUT2D eigenvalue weighted by molar-refractivity contribution is 6.31. The number of piperazine rings is 1. The van der Waals surface area contributed by atoms with Crippen molar-refractivity contribution in [2.45, 2.75) is 64.8 Å². The van der Waals surface area contributed by atoms with Crippen LogP contribution in [-0.2, 0) is 9.59 Å². The molecule has 5 aliphatic rings. The van der Waals surface area contributed by atoms with Crippen LogP contribution in [-0.4, -0.2) is 113 Å². The van der Waals surface area contributed by atoms with Crippen LogP contribution in [0.3, 0.4) is 0 Å². The van der Waals surface area contributed by atoms with Gasteiger partial charge in [-0.25, -0.2) is 9.97 Å². The molecule has 8 rings (SSSR count). The van der Waals surface area contributed by atoms with Gasteiger partial charge in [0.05, 0.1) is 27.3 Å². The van der Waals surface area contributed by atoms with Crippen molar-refractivity contribution in [2.75, 3.05) is 49.1 Å². The lowest BCUT2D eigenvalue weighted by atomic mass is 9.49. The zero-order valence-corrected chi connectivity index (χ0v) is 32.3. The van der Waals surface area contributed by atoms with Gasteiger partial charge in [-0.3, -0.25) is 39.1 Å². The van der Waals surface area contributed by atoms with Gasteiger partial charge in [0, 0.05) is 92.8 Å². The molecule has 0 radical (unpaired) electrons. The number of anilines is 2. The lowest BCUT2D eigenvalue weighted by molar-refractivity contribution is -0.164. The first kappa shape index (κ1) is 37.3. The maximum absolute atomic E-state index is 13.4. The van der Waals surface area contributed by atoms with E-state index >= 15 is 0 Å². The van der Waals surface area contributed by atoms with E-state index in [0.717, 1.165) is 49.9 Å². The van der Waals surface area contributed by atoms with Crippen molar-refractivity contribution in [3.05, 3.63) is 76.1 Å². The van der Waals surface area contributed by atoms with Crippen LogP contribution < -0.4 is 25.2 Å². The molecule has 1 saturated carbocycles. The third kappa shape index (κ3) is 6.30. The number of carbonyl (C=O) groups excluding carboxylic acids is 5. The number of hydrogen-bond acceptors (Lipinski definition) is 12. The average Bonchev–Trinajstić information content (AvgIpc) is 3.40. The lowest BCUT2D eigenvalue weighted by Gasteiger charge is -2.63.